The van der Waals surface area contributed by atoms with Crippen molar-refractivity contribution in [1.82, 2.24) is 0 Å². The lowest BCUT2D eigenvalue weighted by Crippen LogP contribution is -2.43. The number of benzene rings is 2. The predicted octanol–water partition coefficient (Wildman–Crippen LogP) is 4.13. The van der Waals surface area contributed by atoms with Crippen molar-refractivity contribution in [2.75, 3.05) is 29.2 Å². The van der Waals surface area contributed by atoms with E-state index in [1.807, 2.05) is 48.3 Å². The van der Waals surface area contributed by atoms with Crippen molar-refractivity contribution in [2.45, 2.75) is 45.7 Å². The highest BCUT2D eigenvalue weighted by atomic mass is 16.5. The molecule has 1 aliphatic heterocycles. The van der Waals surface area contributed by atoms with Crippen molar-refractivity contribution >= 4 is 28.9 Å². The Morgan fingerprint density at radius 1 is 1.14 bits per heavy atom. The summed E-state index contributed by atoms with van der Waals surface area (Å²) >= 11 is 0. The lowest BCUT2D eigenvalue weighted by Gasteiger charge is -2.39. The number of ether oxygens (including phenoxy) is 1. The Balaban J connectivity index is 1.83. The molecule has 0 spiro atoms. The largest absolute Gasteiger partial charge is 0.466 e. The topological polar surface area (TPSA) is 70.7 Å². The third-order valence-corrected chi connectivity index (χ3v) is 5.26. The standard InChI is InChI=1S/C23H29N3O3/c1-5-29-23(28)13-17-6-8-18(9-7-17)25-21-12-15(2)26(16(3)27)22-11-10-19(24-4)14-20(21)22/h6-11,14-15,21,24-25H,5,12-13H2,1-4H3. The molecule has 0 radical (unpaired) electrons. The second-order valence-electron chi connectivity index (χ2n) is 7.37. The van der Waals surface area contributed by atoms with Crippen molar-refractivity contribution in [2.24, 2.45) is 0 Å². The first-order valence-electron chi connectivity index (χ1n) is 10.1. The van der Waals surface area contributed by atoms with Gasteiger partial charge in [0.2, 0.25) is 5.91 Å². The van der Waals surface area contributed by atoms with E-state index in [2.05, 4.69) is 23.6 Å². The van der Waals surface area contributed by atoms with Crippen LogP contribution >= 0.6 is 0 Å². The molecule has 1 amide bonds. The maximum atomic E-state index is 12.2. The van der Waals surface area contributed by atoms with Crippen molar-refractivity contribution < 1.29 is 14.3 Å². The highest BCUT2D eigenvalue weighted by molar-refractivity contribution is 5.94. The third kappa shape index (κ3) is 4.70. The maximum Gasteiger partial charge on any atom is 0.310 e. The molecular weight excluding hydrogens is 366 g/mol. The summed E-state index contributed by atoms with van der Waals surface area (Å²) in [5.41, 5.74) is 4.96. The number of anilines is 3. The Morgan fingerprint density at radius 2 is 1.83 bits per heavy atom. The molecule has 0 bridgehead atoms. The van der Waals surface area contributed by atoms with Gasteiger partial charge in [-0.25, -0.2) is 0 Å². The van der Waals surface area contributed by atoms with Gasteiger partial charge in [-0.05, 0) is 56.2 Å². The van der Waals surface area contributed by atoms with Crippen molar-refractivity contribution in [3.8, 4) is 0 Å². The van der Waals surface area contributed by atoms with Gasteiger partial charge >= 0.3 is 5.97 Å². The number of carbonyl (C=O) groups is 2. The zero-order chi connectivity index (χ0) is 21.0. The van der Waals surface area contributed by atoms with E-state index in [1.54, 1.807) is 13.8 Å². The Kier molecular flexibility index (Phi) is 6.42. The molecule has 0 aliphatic carbocycles. The van der Waals surface area contributed by atoms with E-state index in [1.165, 1.54) is 0 Å². The summed E-state index contributed by atoms with van der Waals surface area (Å²) in [5.74, 6) is -0.162. The van der Waals surface area contributed by atoms with Crippen LogP contribution in [0.3, 0.4) is 0 Å². The van der Waals surface area contributed by atoms with Gasteiger partial charge in [-0.15, -0.1) is 0 Å². The Bertz CT molecular complexity index is 879. The van der Waals surface area contributed by atoms with Gasteiger partial charge in [-0.1, -0.05) is 12.1 Å². The molecule has 2 atom stereocenters. The highest BCUT2D eigenvalue weighted by Crippen LogP contribution is 2.40. The van der Waals surface area contributed by atoms with Crippen LogP contribution in [-0.2, 0) is 20.7 Å². The number of amides is 1. The molecule has 154 valence electrons. The van der Waals surface area contributed by atoms with Crippen LogP contribution in [0.1, 0.15) is 44.4 Å². The predicted molar refractivity (Wildman–Crippen MR) is 116 cm³/mol. The minimum atomic E-state index is -0.216. The van der Waals surface area contributed by atoms with E-state index in [0.29, 0.717) is 6.61 Å². The van der Waals surface area contributed by atoms with Crippen molar-refractivity contribution in [1.29, 1.82) is 0 Å². The zero-order valence-corrected chi connectivity index (χ0v) is 17.5. The molecule has 0 saturated carbocycles. The molecule has 2 aromatic rings. The Morgan fingerprint density at radius 3 is 2.45 bits per heavy atom. The van der Waals surface area contributed by atoms with E-state index >= 15 is 0 Å². The third-order valence-electron chi connectivity index (χ3n) is 5.26. The van der Waals surface area contributed by atoms with Crippen LogP contribution in [-0.4, -0.2) is 31.6 Å². The van der Waals surface area contributed by atoms with Gasteiger partial charge in [0.05, 0.1) is 19.1 Å². The second kappa shape index (κ2) is 8.99. The van der Waals surface area contributed by atoms with Gasteiger partial charge in [0.15, 0.2) is 0 Å². The molecule has 29 heavy (non-hydrogen) atoms. The van der Waals surface area contributed by atoms with E-state index in [0.717, 1.165) is 34.6 Å². The summed E-state index contributed by atoms with van der Waals surface area (Å²) in [6.07, 6.45) is 1.08. The van der Waals surface area contributed by atoms with Gasteiger partial charge in [0.1, 0.15) is 0 Å². The average Bonchev–Trinajstić information content (AvgIpc) is 2.69. The quantitative estimate of drug-likeness (QED) is 0.720. The first-order valence-corrected chi connectivity index (χ1v) is 10.1. The Labute approximate surface area is 172 Å². The number of nitrogens with one attached hydrogen (secondary N) is 2. The summed E-state index contributed by atoms with van der Waals surface area (Å²) in [4.78, 5) is 25.7. The van der Waals surface area contributed by atoms with Gasteiger partial charge in [-0.2, -0.15) is 0 Å². The number of esters is 1. The van der Waals surface area contributed by atoms with Crippen LogP contribution in [0.5, 0.6) is 0 Å². The number of fused-ring (bicyclic) bond motifs is 1. The first-order chi connectivity index (χ1) is 13.9. The van der Waals surface area contributed by atoms with Crippen molar-refractivity contribution in [3.63, 3.8) is 0 Å². The minimum absolute atomic E-state index is 0.0534. The molecule has 0 saturated heterocycles. The SMILES string of the molecule is CCOC(=O)Cc1ccc(NC2CC(C)N(C(C)=O)c3ccc(NC)cc32)cc1. The number of rotatable bonds is 6. The van der Waals surface area contributed by atoms with Crippen LogP contribution < -0.4 is 15.5 Å². The number of hydrogen-bond acceptors (Lipinski definition) is 5. The van der Waals surface area contributed by atoms with E-state index in [-0.39, 0.29) is 30.4 Å². The number of nitrogens with zero attached hydrogens (tertiary/aromatic N) is 1. The molecular formula is C23H29N3O3. The maximum absolute atomic E-state index is 12.2. The molecule has 0 fully saturated rings. The fraction of sp³-hybridized carbons (Fsp3) is 0.391. The van der Waals surface area contributed by atoms with Gasteiger partial charge < -0.3 is 20.3 Å². The monoisotopic (exact) mass is 395 g/mol. The number of carbonyl (C=O) groups excluding carboxylic acids is 2. The smallest absolute Gasteiger partial charge is 0.310 e. The van der Waals surface area contributed by atoms with Crippen LogP contribution in [0.15, 0.2) is 42.5 Å². The average molecular weight is 396 g/mol. The lowest BCUT2D eigenvalue weighted by molar-refractivity contribution is -0.142. The van der Waals surface area contributed by atoms with Gasteiger partial charge in [0, 0.05) is 42.6 Å². The van der Waals surface area contributed by atoms with Crippen LogP contribution in [0.25, 0.3) is 0 Å². The van der Waals surface area contributed by atoms with Crippen molar-refractivity contribution in [3.05, 3.63) is 53.6 Å². The highest BCUT2D eigenvalue weighted by Gasteiger charge is 2.32. The first kappa shape index (κ1) is 20.7. The fourth-order valence-corrected chi connectivity index (χ4v) is 3.93. The van der Waals surface area contributed by atoms with E-state index < -0.39 is 0 Å². The lowest BCUT2D eigenvalue weighted by atomic mass is 9.90. The van der Waals surface area contributed by atoms with Crippen LogP contribution in [0, 0.1) is 0 Å². The van der Waals surface area contributed by atoms with Gasteiger partial charge in [0.25, 0.3) is 0 Å². The van der Waals surface area contributed by atoms with E-state index in [4.69, 9.17) is 4.74 Å². The number of hydrogen-bond donors (Lipinski definition) is 2. The molecule has 2 N–H and O–H groups in total. The normalized spacial score (nSPS) is 18.0. The van der Waals surface area contributed by atoms with Gasteiger partial charge in [-0.3, -0.25) is 9.59 Å². The molecule has 1 aliphatic rings. The molecule has 6 nitrogen and oxygen atoms in total. The second-order valence-corrected chi connectivity index (χ2v) is 7.37. The van der Waals surface area contributed by atoms with Crippen LogP contribution in [0.4, 0.5) is 17.1 Å². The molecule has 0 aromatic heterocycles. The van der Waals surface area contributed by atoms with Crippen LogP contribution in [0.2, 0.25) is 0 Å². The zero-order valence-electron chi connectivity index (χ0n) is 17.5. The summed E-state index contributed by atoms with van der Waals surface area (Å²) in [5, 5.41) is 6.78. The molecule has 2 unspecified atom stereocenters. The molecule has 1 heterocycles. The summed E-state index contributed by atoms with van der Waals surface area (Å²) in [6, 6.07) is 14.1. The van der Waals surface area contributed by atoms with E-state index in [9.17, 15) is 9.59 Å². The summed E-state index contributed by atoms with van der Waals surface area (Å²) < 4.78 is 5.01. The summed E-state index contributed by atoms with van der Waals surface area (Å²) in [7, 11) is 1.89. The minimum Gasteiger partial charge on any atom is -0.466 e. The fourth-order valence-electron chi connectivity index (χ4n) is 3.93. The molecule has 3 rings (SSSR count). The molecule has 2 aromatic carbocycles. The molecule has 6 heteroatoms. The Hall–Kier alpha value is -3.02. The summed E-state index contributed by atoms with van der Waals surface area (Å²) in [6.45, 7) is 5.89.